The third-order valence-corrected chi connectivity index (χ3v) is 5.29. The second-order valence-electron chi connectivity index (χ2n) is 6.94. The minimum Gasteiger partial charge on any atom is -0.496 e. The molecule has 0 aliphatic heterocycles. The molecule has 150 valence electrons. The SMILES string of the molecule is COc1c(C)cnc(Cc2cn(CCn3ccnc3)c3c(Cl)nc(N)nc23)c1C. The monoisotopic (exact) mass is 411 g/mol. The third kappa shape index (κ3) is 3.63. The fourth-order valence-electron chi connectivity index (χ4n) is 3.61. The third-order valence-electron chi connectivity index (χ3n) is 5.03. The van der Waals surface area contributed by atoms with E-state index in [1.54, 1.807) is 19.6 Å². The van der Waals surface area contributed by atoms with Gasteiger partial charge in [0.2, 0.25) is 5.95 Å². The van der Waals surface area contributed by atoms with Gasteiger partial charge < -0.3 is 19.6 Å². The Labute approximate surface area is 173 Å². The maximum atomic E-state index is 6.44. The van der Waals surface area contributed by atoms with E-state index in [0.29, 0.717) is 18.1 Å². The van der Waals surface area contributed by atoms with Crippen LogP contribution in [-0.2, 0) is 19.5 Å². The van der Waals surface area contributed by atoms with Gasteiger partial charge in [-0.25, -0.2) is 9.97 Å². The summed E-state index contributed by atoms with van der Waals surface area (Å²) in [6.45, 7) is 5.45. The molecule has 29 heavy (non-hydrogen) atoms. The molecule has 0 saturated heterocycles. The summed E-state index contributed by atoms with van der Waals surface area (Å²) in [5, 5.41) is 0.343. The standard InChI is InChI=1S/C20H22ClN7O/c1-12-9-24-15(13(2)18(12)29-3)8-14-10-28(7-6-27-5-4-23-11-27)17-16(14)25-20(22)26-19(17)21/h4-5,9-11H,6-8H2,1-3H3,(H2,22,25,26). The van der Waals surface area contributed by atoms with Crippen LogP contribution in [0.2, 0.25) is 5.15 Å². The van der Waals surface area contributed by atoms with Crippen molar-refractivity contribution in [3.63, 3.8) is 0 Å². The zero-order valence-corrected chi connectivity index (χ0v) is 17.3. The average Bonchev–Trinajstić information content (AvgIpc) is 3.31. The number of halogens is 1. The van der Waals surface area contributed by atoms with Gasteiger partial charge in [0.05, 0.1) is 24.6 Å². The number of rotatable bonds is 6. The number of hydrogen-bond acceptors (Lipinski definition) is 6. The van der Waals surface area contributed by atoms with E-state index in [1.165, 1.54) is 0 Å². The largest absolute Gasteiger partial charge is 0.496 e. The first kappa shape index (κ1) is 19.2. The van der Waals surface area contributed by atoms with Crippen LogP contribution in [0.15, 0.2) is 31.1 Å². The zero-order chi connectivity index (χ0) is 20.5. The van der Waals surface area contributed by atoms with Gasteiger partial charge in [0.1, 0.15) is 11.3 Å². The lowest BCUT2D eigenvalue weighted by Gasteiger charge is -2.11. The van der Waals surface area contributed by atoms with E-state index in [-0.39, 0.29) is 5.95 Å². The number of pyridine rings is 1. The van der Waals surface area contributed by atoms with Crippen LogP contribution < -0.4 is 10.5 Å². The van der Waals surface area contributed by atoms with Crippen molar-refractivity contribution in [1.29, 1.82) is 0 Å². The van der Waals surface area contributed by atoms with Crippen molar-refractivity contribution in [2.45, 2.75) is 33.4 Å². The molecule has 0 aromatic carbocycles. The highest BCUT2D eigenvalue weighted by Crippen LogP contribution is 2.30. The van der Waals surface area contributed by atoms with Crippen molar-refractivity contribution in [3.8, 4) is 5.75 Å². The minimum absolute atomic E-state index is 0.155. The Bertz CT molecular complexity index is 1170. The number of methoxy groups -OCH3 is 1. The van der Waals surface area contributed by atoms with E-state index in [0.717, 1.165) is 45.7 Å². The number of fused-ring (bicyclic) bond motifs is 1. The van der Waals surface area contributed by atoms with Gasteiger partial charge in [-0.15, -0.1) is 0 Å². The van der Waals surface area contributed by atoms with Gasteiger partial charge in [-0.2, -0.15) is 4.98 Å². The van der Waals surface area contributed by atoms with Gasteiger partial charge in [-0.1, -0.05) is 11.6 Å². The summed E-state index contributed by atoms with van der Waals surface area (Å²) in [6.07, 6.45) is 9.94. The first-order chi connectivity index (χ1) is 14.0. The van der Waals surface area contributed by atoms with Gasteiger partial charge in [0.15, 0.2) is 5.15 Å². The molecule has 2 N–H and O–H groups in total. The number of ether oxygens (including phenoxy) is 1. The number of aryl methyl sites for hydroxylation is 3. The summed E-state index contributed by atoms with van der Waals surface area (Å²) < 4.78 is 9.62. The van der Waals surface area contributed by atoms with Crippen LogP contribution >= 0.6 is 11.6 Å². The lowest BCUT2D eigenvalue weighted by Crippen LogP contribution is -2.06. The van der Waals surface area contributed by atoms with Crippen LogP contribution in [0.5, 0.6) is 5.75 Å². The lowest BCUT2D eigenvalue weighted by atomic mass is 10.1. The van der Waals surface area contributed by atoms with Crippen LogP contribution in [0, 0.1) is 13.8 Å². The summed E-state index contributed by atoms with van der Waals surface area (Å²) in [7, 11) is 1.68. The highest BCUT2D eigenvalue weighted by atomic mass is 35.5. The summed E-state index contributed by atoms with van der Waals surface area (Å²) in [5.41, 5.74) is 11.3. The van der Waals surface area contributed by atoms with Gasteiger partial charge >= 0.3 is 0 Å². The maximum Gasteiger partial charge on any atom is 0.222 e. The van der Waals surface area contributed by atoms with E-state index >= 15 is 0 Å². The Balaban J connectivity index is 1.76. The number of nitrogens with two attached hydrogens (primary N) is 1. The molecule has 4 aromatic heterocycles. The zero-order valence-electron chi connectivity index (χ0n) is 16.6. The van der Waals surface area contributed by atoms with E-state index in [4.69, 9.17) is 22.1 Å². The predicted octanol–water partition coefficient (Wildman–Crippen LogP) is 3.17. The van der Waals surface area contributed by atoms with Gasteiger partial charge in [-0.05, 0) is 13.8 Å². The molecule has 0 aliphatic carbocycles. The van der Waals surface area contributed by atoms with Gasteiger partial charge in [0.25, 0.3) is 0 Å². The number of aromatic nitrogens is 6. The molecular formula is C20H22ClN7O. The molecule has 4 rings (SSSR count). The molecule has 0 radical (unpaired) electrons. The molecule has 9 heteroatoms. The van der Waals surface area contributed by atoms with Crippen LogP contribution in [0.3, 0.4) is 0 Å². The first-order valence-corrected chi connectivity index (χ1v) is 9.61. The number of hydrogen-bond donors (Lipinski definition) is 1. The molecule has 0 saturated carbocycles. The van der Waals surface area contributed by atoms with Gasteiger partial charge in [0, 0.05) is 61.0 Å². The van der Waals surface area contributed by atoms with Crippen molar-refractivity contribution in [2.75, 3.05) is 12.8 Å². The van der Waals surface area contributed by atoms with Crippen molar-refractivity contribution < 1.29 is 4.74 Å². The Morgan fingerprint density at radius 3 is 2.76 bits per heavy atom. The van der Waals surface area contributed by atoms with Crippen LogP contribution in [-0.4, -0.2) is 36.2 Å². The number of nitrogens with zero attached hydrogens (tertiary/aromatic N) is 6. The summed E-state index contributed by atoms with van der Waals surface area (Å²) in [6, 6.07) is 0. The van der Waals surface area contributed by atoms with Crippen molar-refractivity contribution in [2.24, 2.45) is 0 Å². The topological polar surface area (TPSA) is 96.7 Å². The molecule has 8 nitrogen and oxygen atoms in total. The molecular weight excluding hydrogens is 390 g/mol. The van der Waals surface area contributed by atoms with Crippen molar-refractivity contribution in [3.05, 3.63) is 58.7 Å². The van der Waals surface area contributed by atoms with Crippen molar-refractivity contribution >= 4 is 28.6 Å². The summed E-state index contributed by atoms with van der Waals surface area (Å²) >= 11 is 6.44. The normalized spacial score (nSPS) is 11.3. The molecule has 0 fully saturated rings. The second-order valence-corrected chi connectivity index (χ2v) is 7.30. The fraction of sp³-hybridized carbons (Fsp3) is 0.300. The molecule has 0 aliphatic rings. The predicted molar refractivity (Wildman–Crippen MR) is 112 cm³/mol. The Kier molecular flexibility index (Phi) is 5.10. The number of nitrogen functional groups attached to an aromatic ring is 1. The van der Waals surface area contributed by atoms with Crippen LogP contribution in [0.25, 0.3) is 11.0 Å². The fourth-order valence-corrected chi connectivity index (χ4v) is 3.90. The average molecular weight is 412 g/mol. The molecule has 0 unspecified atom stereocenters. The van der Waals surface area contributed by atoms with E-state index in [9.17, 15) is 0 Å². The Morgan fingerprint density at radius 2 is 2.03 bits per heavy atom. The first-order valence-electron chi connectivity index (χ1n) is 9.23. The van der Waals surface area contributed by atoms with Crippen LogP contribution in [0.4, 0.5) is 5.95 Å². The highest BCUT2D eigenvalue weighted by Gasteiger charge is 2.18. The maximum absolute atomic E-state index is 6.44. The summed E-state index contributed by atoms with van der Waals surface area (Å²) in [4.78, 5) is 17.3. The van der Waals surface area contributed by atoms with Gasteiger partial charge in [-0.3, -0.25) is 4.98 Å². The molecule has 4 heterocycles. The Morgan fingerprint density at radius 1 is 1.21 bits per heavy atom. The molecule has 0 atom stereocenters. The number of anilines is 1. The molecule has 0 spiro atoms. The second kappa shape index (κ2) is 7.71. The van der Waals surface area contributed by atoms with E-state index < -0.39 is 0 Å². The van der Waals surface area contributed by atoms with Crippen LogP contribution in [0.1, 0.15) is 22.4 Å². The molecule has 0 bridgehead atoms. The minimum atomic E-state index is 0.155. The van der Waals surface area contributed by atoms with Crippen molar-refractivity contribution in [1.82, 2.24) is 29.1 Å². The number of imidazole rings is 1. The van der Waals surface area contributed by atoms with E-state index in [1.807, 2.05) is 30.8 Å². The lowest BCUT2D eigenvalue weighted by molar-refractivity contribution is 0.407. The highest BCUT2D eigenvalue weighted by molar-refractivity contribution is 6.33. The molecule has 4 aromatic rings. The van der Waals surface area contributed by atoms with E-state index in [2.05, 4.69) is 30.7 Å². The smallest absolute Gasteiger partial charge is 0.222 e. The Hall–Kier alpha value is -3.13. The summed E-state index contributed by atoms with van der Waals surface area (Å²) in [5.74, 6) is 1.01. The molecule has 0 amide bonds. The quantitative estimate of drug-likeness (QED) is 0.489.